The van der Waals surface area contributed by atoms with Gasteiger partial charge < -0.3 is 14.8 Å². The molecule has 1 atom stereocenters. The average molecular weight is 516 g/mol. The Morgan fingerprint density at radius 1 is 0.947 bits per heavy atom. The van der Waals surface area contributed by atoms with Gasteiger partial charge in [0.1, 0.15) is 29.6 Å². The van der Waals surface area contributed by atoms with Gasteiger partial charge in [-0.15, -0.1) is 5.10 Å². The van der Waals surface area contributed by atoms with Gasteiger partial charge in [-0.25, -0.2) is 4.68 Å². The summed E-state index contributed by atoms with van der Waals surface area (Å²) in [6, 6.07) is 20.9. The molecule has 0 aliphatic carbocycles. The fourth-order valence-corrected chi connectivity index (χ4v) is 4.24. The summed E-state index contributed by atoms with van der Waals surface area (Å²) in [4.78, 5) is 29.4. The van der Waals surface area contributed by atoms with Crippen molar-refractivity contribution in [3.05, 3.63) is 78.4 Å². The van der Waals surface area contributed by atoms with E-state index in [0.717, 1.165) is 11.9 Å². The van der Waals surface area contributed by atoms with E-state index < -0.39 is 6.04 Å². The highest BCUT2D eigenvalue weighted by molar-refractivity contribution is 6.01. The van der Waals surface area contributed by atoms with Crippen LogP contribution in [0, 0.1) is 5.92 Å². The number of para-hydroxylation sites is 1. The van der Waals surface area contributed by atoms with Crippen molar-refractivity contribution in [2.75, 3.05) is 25.7 Å². The van der Waals surface area contributed by atoms with Gasteiger partial charge in [-0.3, -0.25) is 14.5 Å². The Bertz CT molecular complexity index is 1360. The van der Waals surface area contributed by atoms with E-state index in [1.165, 1.54) is 4.90 Å². The molecule has 0 bridgehead atoms. The van der Waals surface area contributed by atoms with Crippen molar-refractivity contribution in [3.8, 4) is 11.5 Å². The number of aromatic nitrogens is 3. The Labute approximate surface area is 222 Å². The van der Waals surface area contributed by atoms with Crippen molar-refractivity contribution in [3.63, 3.8) is 0 Å². The SMILES string of the molecule is COc1cc(OC)cc(N(C(=O)Cn2nnc3ccccc32)C(C(=O)NCCC(C)C)c2ccccc2)c1. The number of hydrogen-bond acceptors (Lipinski definition) is 6. The monoisotopic (exact) mass is 515 g/mol. The summed E-state index contributed by atoms with van der Waals surface area (Å²) in [5.41, 5.74) is 2.54. The third-order valence-electron chi connectivity index (χ3n) is 6.23. The molecule has 0 aliphatic heterocycles. The molecule has 38 heavy (non-hydrogen) atoms. The van der Waals surface area contributed by atoms with Gasteiger partial charge in [-0.05, 0) is 30.0 Å². The number of carbonyl (C=O) groups excluding carboxylic acids is 2. The topological polar surface area (TPSA) is 98.6 Å². The first kappa shape index (κ1) is 26.7. The molecule has 1 N–H and O–H groups in total. The number of amides is 2. The van der Waals surface area contributed by atoms with Crippen LogP contribution in [0.2, 0.25) is 0 Å². The molecule has 0 radical (unpaired) electrons. The van der Waals surface area contributed by atoms with E-state index >= 15 is 0 Å². The normalized spacial score (nSPS) is 11.8. The lowest BCUT2D eigenvalue weighted by atomic mass is 10.0. The predicted molar refractivity (Wildman–Crippen MR) is 146 cm³/mol. The lowest BCUT2D eigenvalue weighted by Gasteiger charge is -2.32. The van der Waals surface area contributed by atoms with Gasteiger partial charge in [-0.2, -0.15) is 0 Å². The minimum absolute atomic E-state index is 0.122. The minimum atomic E-state index is -0.942. The van der Waals surface area contributed by atoms with E-state index in [0.29, 0.717) is 40.7 Å². The Morgan fingerprint density at radius 2 is 1.61 bits per heavy atom. The summed E-state index contributed by atoms with van der Waals surface area (Å²) in [6.07, 6.45) is 0.819. The van der Waals surface area contributed by atoms with Crippen LogP contribution in [0.25, 0.3) is 11.0 Å². The molecular weight excluding hydrogens is 482 g/mol. The zero-order chi connectivity index (χ0) is 27.1. The number of nitrogens with zero attached hydrogens (tertiary/aromatic N) is 4. The number of fused-ring (bicyclic) bond motifs is 1. The number of nitrogens with one attached hydrogen (secondary N) is 1. The molecule has 3 aromatic carbocycles. The predicted octanol–water partition coefficient (Wildman–Crippen LogP) is 4.39. The number of ether oxygens (including phenoxy) is 2. The summed E-state index contributed by atoms with van der Waals surface area (Å²) < 4.78 is 12.5. The third-order valence-corrected chi connectivity index (χ3v) is 6.23. The van der Waals surface area contributed by atoms with E-state index in [2.05, 4.69) is 29.5 Å². The second-order valence-corrected chi connectivity index (χ2v) is 9.36. The summed E-state index contributed by atoms with van der Waals surface area (Å²) >= 11 is 0. The van der Waals surface area contributed by atoms with E-state index in [9.17, 15) is 9.59 Å². The zero-order valence-electron chi connectivity index (χ0n) is 22.1. The molecule has 1 unspecified atom stereocenters. The maximum absolute atomic E-state index is 14.1. The van der Waals surface area contributed by atoms with Crippen molar-refractivity contribution in [2.24, 2.45) is 5.92 Å². The van der Waals surface area contributed by atoms with Crippen LogP contribution < -0.4 is 19.7 Å². The van der Waals surface area contributed by atoms with Gasteiger partial charge in [0, 0.05) is 24.7 Å². The smallest absolute Gasteiger partial charge is 0.249 e. The van der Waals surface area contributed by atoms with E-state index in [4.69, 9.17) is 9.47 Å². The van der Waals surface area contributed by atoms with Crippen molar-refractivity contribution >= 4 is 28.5 Å². The van der Waals surface area contributed by atoms with Crippen LogP contribution in [0.5, 0.6) is 11.5 Å². The second-order valence-electron chi connectivity index (χ2n) is 9.36. The van der Waals surface area contributed by atoms with Gasteiger partial charge >= 0.3 is 0 Å². The highest BCUT2D eigenvalue weighted by Gasteiger charge is 2.33. The van der Waals surface area contributed by atoms with Gasteiger partial charge in [0.2, 0.25) is 11.8 Å². The zero-order valence-corrected chi connectivity index (χ0v) is 22.1. The molecule has 9 nitrogen and oxygen atoms in total. The van der Waals surface area contributed by atoms with Gasteiger partial charge in [0.25, 0.3) is 0 Å². The molecule has 0 fully saturated rings. The van der Waals surface area contributed by atoms with E-state index in [1.807, 2.05) is 54.6 Å². The van der Waals surface area contributed by atoms with Crippen LogP contribution in [-0.4, -0.2) is 47.6 Å². The Morgan fingerprint density at radius 3 is 2.26 bits per heavy atom. The van der Waals surface area contributed by atoms with Crippen molar-refractivity contribution in [2.45, 2.75) is 32.9 Å². The maximum atomic E-state index is 14.1. The summed E-state index contributed by atoms with van der Waals surface area (Å²) in [7, 11) is 3.08. The Hall–Kier alpha value is -4.40. The first-order chi connectivity index (χ1) is 18.4. The number of benzene rings is 3. The lowest BCUT2D eigenvalue weighted by molar-refractivity contribution is -0.127. The fourth-order valence-electron chi connectivity index (χ4n) is 4.24. The maximum Gasteiger partial charge on any atom is 0.249 e. The van der Waals surface area contributed by atoms with Gasteiger partial charge in [0.05, 0.1) is 25.4 Å². The van der Waals surface area contributed by atoms with Crippen LogP contribution in [0.1, 0.15) is 31.9 Å². The molecular formula is C29H33N5O4. The van der Waals surface area contributed by atoms with Crippen molar-refractivity contribution < 1.29 is 19.1 Å². The lowest BCUT2D eigenvalue weighted by Crippen LogP contribution is -2.45. The fraction of sp³-hybridized carbons (Fsp3) is 0.310. The van der Waals surface area contributed by atoms with Crippen LogP contribution in [0.15, 0.2) is 72.8 Å². The molecule has 198 valence electrons. The number of carbonyl (C=O) groups is 2. The van der Waals surface area contributed by atoms with Gasteiger partial charge in [-0.1, -0.05) is 61.5 Å². The first-order valence-corrected chi connectivity index (χ1v) is 12.6. The third kappa shape index (κ3) is 6.11. The molecule has 4 rings (SSSR count). The Balaban J connectivity index is 1.81. The largest absolute Gasteiger partial charge is 0.497 e. The van der Waals surface area contributed by atoms with Gasteiger partial charge in [0.15, 0.2) is 0 Å². The standard InChI is InChI=1S/C29H33N5O4/c1-20(2)14-15-30-29(36)28(21-10-6-5-7-11-21)34(22-16-23(37-3)18-24(17-22)38-4)27(35)19-33-26-13-9-8-12-25(26)31-32-33/h5-13,16-18,20,28H,14-15,19H2,1-4H3,(H,30,36). The summed E-state index contributed by atoms with van der Waals surface area (Å²) in [6.45, 7) is 4.57. The molecule has 4 aromatic rings. The van der Waals surface area contributed by atoms with E-state index in [-0.39, 0.29) is 18.4 Å². The molecule has 0 aliphatic rings. The molecule has 0 saturated heterocycles. The van der Waals surface area contributed by atoms with Crippen LogP contribution in [0.4, 0.5) is 5.69 Å². The molecule has 0 spiro atoms. The highest BCUT2D eigenvalue weighted by Crippen LogP contribution is 2.34. The molecule has 9 heteroatoms. The first-order valence-electron chi connectivity index (χ1n) is 12.6. The quantitative estimate of drug-likeness (QED) is 0.318. The molecule has 1 heterocycles. The number of hydrogen-bond donors (Lipinski definition) is 1. The second kappa shape index (κ2) is 12.2. The van der Waals surface area contributed by atoms with Crippen LogP contribution >= 0.6 is 0 Å². The summed E-state index contributed by atoms with van der Waals surface area (Å²) in [5.74, 6) is 0.788. The van der Waals surface area contributed by atoms with E-state index in [1.54, 1.807) is 37.1 Å². The van der Waals surface area contributed by atoms with Crippen LogP contribution in [-0.2, 0) is 16.1 Å². The van der Waals surface area contributed by atoms with Crippen LogP contribution in [0.3, 0.4) is 0 Å². The average Bonchev–Trinajstić information content (AvgIpc) is 3.33. The minimum Gasteiger partial charge on any atom is -0.497 e. The molecule has 2 amide bonds. The number of methoxy groups -OCH3 is 2. The highest BCUT2D eigenvalue weighted by atomic mass is 16.5. The number of anilines is 1. The summed E-state index contributed by atoms with van der Waals surface area (Å²) in [5, 5.41) is 11.4. The number of rotatable bonds is 11. The molecule has 0 saturated carbocycles. The molecule has 1 aromatic heterocycles. The van der Waals surface area contributed by atoms with Crippen molar-refractivity contribution in [1.82, 2.24) is 20.3 Å². The Kier molecular flexibility index (Phi) is 8.58. The van der Waals surface area contributed by atoms with Crippen molar-refractivity contribution in [1.29, 1.82) is 0 Å².